The lowest BCUT2D eigenvalue weighted by Gasteiger charge is -2.09. The largest absolute Gasteiger partial charge is 0.378 e. The SMILES string of the molecule is Cc1cccc(C(=O)CNc2ccccc2)c1C. The van der Waals surface area contributed by atoms with Gasteiger partial charge >= 0.3 is 0 Å². The molecule has 0 radical (unpaired) electrons. The van der Waals surface area contributed by atoms with E-state index in [-0.39, 0.29) is 5.78 Å². The van der Waals surface area contributed by atoms with E-state index in [0.29, 0.717) is 6.54 Å². The van der Waals surface area contributed by atoms with Gasteiger partial charge in [0.15, 0.2) is 5.78 Å². The third-order valence-corrected chi connectivity index (χ3v) is 3.13. The summed E-state index contributed by atoms with van der Waals surface area (Å²) in [5.41, 5.74) is 3.99. The molecule has 0 atom stereocenters. The minimum absolute atomic E-state index is 0.125. The lowest BCUT2D eigenvalue weighted by molar-refractivity contribution is 0.101. The monoisotopic (exact) mass is 239 g/mol. The second kappa shape index (κ2) is 5.50. The molecule has 0 amide bonds. The average Bonchev–Trinajstić information content (AvgIpc) is 2.40. The normalized spacial score (nSPS) is 10.1. The maximum Gasteiger partial charge on any atom is 0.182 e. The van der Waals surface area contributed by atoms with Crippen molar-refractivity contribution >= 4 is 11.5 Å². The van der Waals surface area contributed by atoms with Crippen molar-refractivity contribution in [2.45, 2.75) is 13.8 Å². The smallest absolute Gasteiger partial charge is 0.182 e. The van der Waals surface area contributed by atoms with Crippen LogP contribution in [0.25, 0.3) is 0 Å². The number of nitrogens with one attached hydrogen (secondary N) is 1. The van der Waals surface area contributed by atoms with Crippen LogP contribution in [0.15, 0.2) is 48.5 Å². The van der Waals surface area contributed by atoms with E-state index in [0.717, 1.165) is 22.4 Å². The van der Waals surface area contributed by atoms with Crippen LogP contribution in [0.3, 0.4) is 0 Å². The average molecular weight is 239 g/mol. The van der Waals surface area contributed by atoms with E-state index in [1.54, 1.807) is 0 Å². The predicted molar refractivity (Wildman–Crippen MR) is 75.2 cm³/mol. The first-order valence-corrected chi connectivity index (χ1v) is 6.07. The van der Waals surface area contributed by atoms with Gasteiger partial charge in [-0.1, -0.05) is 36.4 Å². The molecule has 0 bridgehead atoms. The highest BCUT2D eigenvalue weighted by Gasteiger charge is 2.09. The zero-order valence-corrected chi connectivity index (χ0v) is 10.7. The second-order valence-electron chi connectivity index (χ2n) is 4.39. The van der Waals surface area contributed by atoms with Gasteiger partial charge in [-0.05, 0) is 37.1 Å². The Labute approximate surface area is 108 Å². The van der Waals surface area contributed by atoms with Crippen LogP contribution in [-0.2, 0) is 0 Å². The quantitative estimate of drug-likeness (QED) is 0.826. The molecular formula is C16H17NO. The van der Waals surface area contributed by atoms with Crippen molar-refractivity contribution < 1.29 is 4.79 Å². The van der Waals surface area contributed by atoms with Crippen LogP contribution in [0.5, 0.6) is 0 Å². The van der Waals surface area contributed by atoms with Gasteiger partial charge in [-0.25, -0.2) is 0 Å². The summed E-state index contributed by atoms with van der Waals surface area (Å²) in [4.78, 5) is 12.1. The lowest BCUT2D eigenvalue weighted by atomic mass is 10.0. The van der Waals surface area contributed by atoms with E-state index >= 15 is 0 Å². The lowest BCUT2D eigenvalue weighted by Crippen LogP contribution is -2.15. The van der Waals surface area contributed by atoms with Crippen LogP contribution in [0.2, 0.25) is 0 Å². The molecule has 0 spiro atoms. The van der Waals surface area contributed by atoms with Crippen LogP contribution in [0, 0.1) is 13.8 Å². The number of hydrogen-bond acceptors (Lipinski definition) is 2. The second-order valence-corrected chi connectivity index (χ2v) is 4.39. The van der Waals surface area contributed by atoms with Gasteiger partial charge in [-0.15, -0.1) is 0 Å². The molecule has 2 nitrogen and oxygen atoms in total. The van der Waals surface area contributed by atoms with Crippen LogP contribution in [0.4, 0.5) is 5.69 Å². The molecule has 2 aromatic carbocycles. The molecule has 92 valence electrons. The van der Waals surface area contributed by atoms with Crippen molar-refractivity contribution in [3.8, 4) is 0 Å². The van der Waals surface area contributed by atoms with Crippen molar-refractivity contribution in [2.24, 2.45) is 0 Å². The summed E-state index contributed by atoms with van der Waals surface area (Å²) in [7, 11) is 0. The first kappa shape index (κ1) is 12.4. The fourth-order valence-corrected chi connectivity index (χ4v) is 1.89. The Morgan fingerprint density at radius 1 is 1.00 bits per heavy atom. The zero-order chi connectivity index (χ0) is 13.0. The number of rotatable bonds is 4. The number of anilines is 1. The highest BCUT2D eigenvalue weighted by Crippen LogP contribution is 2.14. The van der Waals surface area contributed by atoms with Crippen LogP contribution in [-0.4, -0.2) is 12.3 Å². The molecule has 0 aromatic heterocycles. The number of para-hydroxylation sites is 1. The van der Waals surface area contributed by atoms with E-state index in [1.807, 2.05) is 62.4 Å². The van der Waals surface area contributed by atoms with E-state index in [4.69, 9.17) is 0 Å². The number of carbonyl (C=O) groups is 1. The van der Waals surface area contributed by atoms with Gasteiger partial charge in [0, 0.05) is 11.3 Å². The third kappa shape index (κ3) is 2.77. The Morgan fingerprint density at radius 3 is 2.44 bits per heavy atom. The number of ketones is 1. The molecule has 18 heavy (non-hydrogen) atoms. The molecule has 0 aliphatic rings. The fourth-order valence-electron chi connectivity index (χ4n) is 1.89. The van der Waals surface area contributed by atoms with Gasteiger partial charge in [-0.2, -0.15) is 0 Å². The Balaban J connectivity index is 2.07. The summed E-state index contributed by atoms with van der Waals surface area (Å²) in [6, 6.07) is 15.6. The zero-order valence-electron chi connectivity index (χ0n) is 10.7. The summed E-state index contributed by atoms with van der Waals surface area (Å²) in [6.45, 7) is 4.34. The molecule has 2 rings (SSSR count). The number of aryl methyl sites for hydroxylation is 1. The molecule has 2 aromatic rings. The molecule has 0 saturated carbocycles. The van der Waals surface area contributed by atoms with Gasteiger partial charge in [0.1, 0.15) is 0 Å². The van der Waals surface area contributed by atoms with Crippen molar-refractivity contribution in [3.05, 3.63) is 65.2 Å². The van der Waals surface area contributed by atoms with Gasteiger partial charge < -0.3 is 5.32 Å². The topological polar surface area (TPSA) is 29.1 Å². The van der Waals surface area contributed by atoms with Crippen LogP contribution >= 0.6 is 0 Å². The van der Waals surface area contributed by atoms with E-state index in [2.05, 4.69) is 5.32 Å². The molecule has 0 aliphatic carbocycles. The molecule has 0 fully saturated rings. The summed E-state index contributed by atoms with van der Waals surface area (Å²) < 4.78 is 0. The van der Waals surface area contributed by atoms with Crippen LogP contribution < -0.4 is 5.32 Å². The minimum atomic E-state index is 0.125. The van der Waals surface area contributed by atoms with E-state index in [9.17, 15) is 4.79 Å². The van der Waals surface area contributed by atoms with Gasteiger partial charge in [-0.3, -0.25) is 4.79 Å². The Bertz CT molecular complexity index is 546. The highest BCUT2D eigenvalue weighted by atomic mass is 16.1. The van der Waals surface area contributed by atoms with Crippen molar-refractivity contribution in [1.82, 2.24) is 0 Å². The molecule has 0 unspecified atom stereocenters. The first-order chi connectivity index (χ1) is 8.68. The van der Waals surface area contributed by atoms with Crippen LogP contribution in [0.1, 0.15) is 21.5 Å². The number of Topliss-reactive ketones (excluding diaryl/α,β-unsaturated/α-hetero) is 1. The van der Waals surface area contributed by atoms with Gasteiger partial charge in [0.25, 0.3) is 0 Å². The summed E-state index contributed by atoms with van der Waals surface area (Å²) in [5, 5.41) is 3.14. The Morgan fingerprint density at radius 2 is 1.72 bits per heavy atom. The number of benzene rings is 2. The number of carbonyl (C=O) groups excluding carboxylic acids is 1. The number of hydrogen-bond donors (Lipinski definition) is 1. The van der Waals surface area contributed by atoms with E-state index < -0.39 is 0 Å². The maximum absolute atomic E-state index is 12.1. The summed E-state index contributed by atoms with van der Waals surface area (Å²) in [6.07, 6.45) is 0. The van der Waals surface area contributed by atoms with E-state index in [1.165, 1.54) is 0 Å². The van der Waals surface area contributed by atoms with Gasteiger partial charge in [0.05, 0.1) is 6.54 Å². The van der Waals surface area contributed by atoms with Crippen molar-refractivity contribution in [2.75, 3.05) is 11.9 Å². The molecule has 0 aliphatic heterocycles. The Kier molecular flexibility index (Phi) is 3.78. The molecule has 0 heterocycles. The predicted octanol–water partition coefficient (Wildman–Crippen LogP) is 3.60. The Hall–Kier alpha value is -2.09. The summed E-state index contributed by atoms with van der Waals surface area (Å²) >= 11 is 0. The van der Waals surface area contributed by atoms with Gasteiger partial charge in [0.2, 0.25) is 0 Å². The molecule has 0 saturated heterocycles. The maximum atomic E-state index is 12.1. The molecule has 1 N–H and O–H groups in total. The third-order valence-electron chi connectivity index (χ3n) is 3.13. The molecular weight excluding hydrogens is 222 g/mol. The van der Waals surface area contributed by atoms with Crippen molar-refractivity contribution in [3.63, 3.8) is 0 Å². The van der Waals surface area contributed by atoms with Crippen molar-refractivity contribution in [1.29, 1.82) is 0 Å². The standard InChI is InChI=1S/C16H17NO/c1-12-7-6-10-15(13(12)2)16(18)11-17-14-8-4-3-5-9-14/h3-10,17H,11H2,1-2H3. The first-order valence-electron chi connectivity index (χ1n) is 6.07. The molecule has 2 heteroatoms. The highest BCUT2D eigenvalue weighted by molar-refractivity contribution is 6.00. The minimum Gasteiger partial charge on any atom is -0.378 e. The fraction of sp³-hybridized carbons (Fsp3) is 0.188. The summed E-state index contributed by atoms with van der Waals surface area (Å²) in [5.74, 6) is 0.125.